The van der Waals surface area contributed by atoms with Crippen LogP contribution >= 0.6 is 0 Å². The molecule has 0 saturated carbocycles. The van der Waals surface area contributed by atoms with Crippen LogP contribution in [-0.4, -0.2) is 65.7 Å². The molecule has 2 aliphatic rings. The number of hydrogen-bond acceptors (Lipinski definition) is 9. The van der Waals surface area contributed by atoms with E-state index in [1.54, 1.807) is 24.3 Å². The van der Waals surface area contributed by atoms with E-state index in [-0.39, 0.29) is 17.9 Å². The van der Waals surface area contributed by atoms with Gasteiger partial charge in [0.25, 0.3) is 0 Å². The fourth-order valence-corrected chi connectivity index (χ4v) is 3.38. The number of phenols is 1. The lowest BCUT2D eigenvalue weighted by Crippen LogP contribution is -2.62. The SMILES string of the molecule is COc1ccc(C(=O)O[C@@H]2O[C@@H]3CO[C@@H](c4ccc(O)cc4)O[C@H]3[C@H](O)[C@H]2O)cc1. The molecular weight excluding hydrogens is 396 g/mol. The predicted molar refractivity (Wildman–Crippen MR) is 101 cm³/mol. The van der Waals surface area contributed by atoms with Crippen molar-refractivity contribution in [3.63, 3.8) is 0 Å². The number of benzene rings is 2. The van der Waals surface area contributed by atoms with Crippen LogP contribution in [-0.2, 0) is 18.9 Å². The summed E-state index contributed by atoms with van der Waals surface area (Å²) in [4.78, 5) is 12.4. The smallest absolute Gasteiger partial charge is 0.340 e. The maximum absolute atomic E-state index is 12.4. The normalized spacial score (nSPS) is 30.9. The van der Waals surface area contributed by atoms with Crippen molar-refractivity contribution in [3.8, 4) is 11.5 Å². The maximum Gasteiger partial charge on any atom is 0.340 e. The Morgan fingerprint density at radius 1 is 1.00 bits per heavy atom. The Labute approximate surface area is 172 Å². The molecule has 2 aromatic rings. The summed E-state index contributed by atoms with van der Waals surface area (Å²) >= 11 is 0. The summed E-state index contributed by atoms with van der Waals surface area (Å²) in [5.41, 5.74) is 0.882. The topological polar surface area (TPSA) is 124 Å². The van der Waals surface area contributed by atoms with Crippen LogP contribution in [0.4, 0.5) is 0 Å². The number of rotatable bonds is 4. The molecule has 0 bridgehead atoms. The van der Waals surface area contributed by atoms with Gasteiger partial charge in [0.15, 0.2) is 6.29 Å². The number of fused-ring (bicyclic) bond motifs is 1. The molecule has 2 aromatic carbocycles. The van der Waals surface area contributed by atoms with E-state index in [0.29, 0.717) is 11.3 Å². The van der Waals surface area contributed by atoms with Crippen LogP contribution in [0.1, 0.15) is 22.2 Å². The standard InChI is InChI=1S/C21H22O9/c1-26-14-8-4-11(5-9-14)19(25)30-21-17(24)16(23)18-15(28-21)10-27-20(29-18)12-2-6-13(22)7-3-12/h2-9,15-18,20-24H,10H2,1H3/t15-,16-,17-,18-,20-,21+/m1/s1. The highest BCUT2D eigenvalue weighted by molar-refractivity contribution is 5.89. The van der Waals surface area contributed by atoms with E-state index in [4.69, 9.17) is 23.7 Å². The average molecular weight is 418 g/mol. The van der Waals surface area contributed by atoms with E-state index in [1.807, 2.05) is 0 Å². The quantitative estimate of drug-likeness (QED) is 0.627. The molecule has 0 aromatic heterocycles. The number of carbonyl (C=O) groups excluding carboxylic acids is 1. The van der Waals surface area contributed by atoms with Gasteiger partial charge in [0, 0.05) is 5.56 Å². The van der Waals surface area contributed by atoms with Gasteiger partial charge in [-0.05, 0) is 36.4 Å². The summed E-state index contributed by atoms with van der Waals surface area (Å²) in [5.74, 6) is -0.0316. The van der Waals surface area contributed by atoms with Gasteiger partial charge in [0.2, 0.25) is 6.29 Å². The van der Waals surface area contributed by atoms with E-state index in [9.17, 15) is 20.1 Å². The molecule has 2 heterocycles. The van der Waals surface area contributed by atoms with Gasteiger partial charge in [-0.1, -0.05) is 12.1 Å². The fourth-order valence-electron chi connectivity index (χ4n) is 3.38. The molecule has 160 valence electrons. The second-order valence-electron chi connectivity index (χ2n) is 7.02. The number of esters is 1. The van der Waals surface area contributed by atoms with E-state index >= 15 is 0 Å². The molecule has 0 radical (unpaired) electrons. The van der Waals surface area contributed by atoms with E-state index < -0.39 is 43.0 Å². The van der Waals surface area contributed by atoms with Gasteiger partial charge < -0.3 is 39.0 Å². The number of carbonyl (C=O) groups is 1. The van der Waals surface area contributed by atoms with Crippen molar-refractivity contribution < 1.29 is 43.8 Å². The van der Waals surface area contributed by atoms with Gasteiger partial charge in [0.05, 0.1) is 19.3 Å². The van der Waals surface area contributed by atoms with E-state index in [2.05, 4.69) is 0 Å². The summed E-state index contributed by atoms with van der Waals surface area (Å²) in [5, 5.41) is 30.4. The van der Waals surface area contributed by atoms with Gasteiger partial charge in [-0.2, -0.15) is 0 Å². The molecule has 0 spiro atoms. The fraction of sp³-hybridized carbons (Fsp3) is 0.381. The second-order valence-corrected chi connectivity index (χ2v) is 7.02. The van der Waals surface area contributed by atoms with Crippen molar-refractivity contribution >= 4 is 5.97 Å². The lowest BCUT2D eigenvalue weighted by Gasteiger charge is -2.45. The third-order valence-electron chi connectivity index (χ3n) is 5.05. The minimum absolute atomic E-state index is 0.0522. The molecule has 2 saturated heterocycles. The van der Waals surface area contributed by atoms with Crippen LogP contribution in [0.5, 0.6) is 11.5 Å². The van der Waals surface area contributed by atoms with Crippen LogP contribution in [0, 0.1) is 0 Å². The van der Waals surface area contributed by atoms with Gasteiger partial charge in [-0.3, -0.25) is 0 Å². The lowest BCUT2D eigenvalue weighted by atomic mass is 9.98. The Hall–Kier alpha value is -2.69. The Kier molecular flexibility index (Phi) is 5.89. The molecule has 2 fully saturated rings. The summed E-state index contributed by atoms with van der Waals surface area (Å²) in [6.45, 7) is 0.0522. The van der Waals surface area contributed by atoms with Crippen LogP contribution in [0.3, 0.4) is 0 Å². The van der Waals surface area contributed by atoms with Crippen molar-refractivity contribution in [3.05, 3.63) is 59.7 Å². The molecule has 30 heavy (non-hydrogen) atoms. The number of aliphatic hydroxyl groups is 2. The average Bonchev–Trinajstić information content (AvgIpc) is 2.77. The van der Waals surface area contributed by atoms with E-state index in [0.717, 1.165) is 0 Å². The molecule has 9 nitrogen and oxygen atoms in total. The molecular formula is C21H22O9. The van der Waals surface area contributed by atoms with Crippen molar-refractivity contribution in [2.24, 2.45) is 0 Å². The van der Waals surface area contributed by atoms with Crippen molar-refractivity contribution in [1.82, 2.24) is 0 Å². The first-order valence-corrected chi connectivity index (χ1v) is 9.39. The summed E-state index contributed by atoms with van der Waals surface area (Å²) in [7, 11) is 1.51. The van der Waals surface area contributed by atoms with Gasteiger partial charge >= 0.3 is 5.97 Å². The summed E-state index contributed by atoms with van der Waals surface area (Å²) < 4.78 is 27.4. The van der Waals surface area contributed by atoms with Crippen LogP contribution in [0.2, 0.25) is 0 Å². The van der Waals surface area contributed by atoms with Crippen molar-refractivity contribution in [2.75, 3.05) is 13.7 Å². The Morgan fingerprint density at radius 3 is 2.37 bits per heavy atom. The molecule has 0 aliphatic carbocycles. The molecule has 0 unspecified atom stereocenters. The molecule has 3 N–H and O–H groups in total. The minimum atomic E-state index is -1.51. The number of aliphatic hydroxyl groups excluding tert-OH is 2. The van der Waals surface area contributed by atoms with Gasteiger partial charge in [0.1, 0.15) is 35.9 Å². The number of hydrogen-bond donors (Lipinski definition) is 3. The monoisotopic (exact) mass is 418 g/mol. The Bertz CT molecular complexity index is 865. The predicted octanol–water partition coefficient (Wildman–Crippen LogP) is 1.12. The highest BCUT2D eigenvalue weighted by Crippen LogP contribution is 2.35. The largest absolute Gasteiger partial charge is 0.508 e. The van der Waals surface area contributed by atoms with E-state index in [1.165, 1.54) is 31.4 Å². The van der Waals surface area contributed by atoms with Crippen molar-refractivity contribution in [2.45, 2.75) is 37.0 Å². The zero-order chi connectivity index (χ0) is 21.3. The molecule has 4 rings (SSSR count). The molecule has 6 atom stereocenters. The summed E-state index contributed by atoms with van der Waals surface area (Å²) in [6, 6.07) is 12.5. The minimum Gasteiger partial charge on any atom is -0.508 e. The lowest BCUT2D eigenvalue weighted by molar-refractivity contribution is -0.353. The number of aromatic hydroxyl groups is 1. The zero-order valence-corrected chi connectivity index (χ0v) is 16.1. The second kappa shape index (κ2) is 8.58. The maximum atomic E-state index is 12.4. The molecule has 2 aliphatic heterocycles. The Balaban J connectivity index is 1.41. The first kappa shape index (κ1) is 20.6. The van der Waals surface area contributed by atoms with Crippen LogP contribution in [0.25, 0.3) is 0 Å². The first-order chi connectivity index (χ1) is 14.5. The van der Waals surface area contributed by atoms with Crippen LogP contribution < -0.4 is 4.74 Å². The first-order valence-electron chi connectivity index (χ1n) is 9.39. The highest BCUT2D eigenvalue weighted by atomic mass is 16.8. The molecule has 9 heteroatoms. The van der Waals surface area contributed by atoms with Crippen molar-refractivity contribution in [1.29, 1.82) is 0 Å². The van der Waals surface area contributed by atoms with Gasteiger partial charge in [-0.15, -0.1) is 0 Å². The number of methoxy groups -OCH3 is 1. The third-order valence-corrected chi connectivity index (χ3v) is 5.05. The number of ether oxygens (including phenoxy) is 5. The highest BCUT2D eigenvalue weighted by Gasteiger charge is 2.50. The third kappa shape index (κ3) is 4.11. The Morgan fingerprint density at radius 2 is 1.70 bits per heavy atom. The number of phenolic OH excluding ortho intramolecular Hbond substituents is 1. The zero-order valence-electron chi connectivity index (χ0n) is 16.1. The van der Waals surface area contributed by atoms with Crippen LogP contribution in [0.15, 0.2) is 48.5 Å². The summed E-state index contributed by atoms with van der Waals surface area (Å²) in [6.07, 6.45) is -6.68. The molecule has 0 amide bonds. The van der Waals surface area contributed by atoms with Gasteiger partial charge in [-0.25, -0.2) is 4.79 Å².